The van der Waals surface area contributed by atoms with Gasteiger partial charge in [0.1, 0.15) is 23.9 Å². The highest BCUT2D eigenvalue weighted by Gasteiger charge is 2.54. The van der Waals surface area contributed by atoms with Crippen molar-refractivity contribution in [3.63, 3.8) is 0 Å². The molecule has 2 aliphatic heterocycles. The number of carbonyl (C=O) groups is 4. The monoisotopic (exact) mass is 492 g/mol. The van der Waals surface area contributed by atoms with Crippen LogP contribution in [0.15, 0.2) is 48.5 Å². The van der Waals surface area contributed by atoms with Gasteiger partial charge in [-0.15, -0.1) is 0 Å². The van der Waals surface area contributed by atoms with E-state index in [1.807, 2.05) is 0 Å². The second-order valence-electron chi connectivity index (χ2n) is 8.18. The second kappa shape index (κ2) is 8.67. The Bertz CT molecular complexity index is 1200. The lowest BCUT2D eigenvalue weighted by atomic mass is 9.87. The fraction of sp³-hybridized carbons (Fsp3) is 0.304. The summed E-state index contributed by atoms with van der Waals surface area (Å²) >= 11 is 0. The first-order valence-corrected chi connectivity index (χ1v) is 10.7. The van der Waals surface area contributed by atoms with E-state index < -0.39 is 60.3 Å². The Morgan fingerprint density at radius 1 is 1.09 bits per heavy atom. The van der Waals surface area contributed by atoms with Crippen molar-refractivity contribution in [3.05, 3.63) is 59.9 Å². The Kier molecular flexibility index (Phi) is 5.99. The lowest BCUT2D eigenvalue weighted by Crippen LogP contribution is -2.53. The zero-order valence-electron chi connectivity index (χ0n) is 18.4. The molecule has 2 N–H and O–H groups in total. The van der Waals surface area contributed by atoms with E-state index in [-0.39, 0.29) is 23.4 Å². The van der Waals surface area contributed by atoms with Crippen molar-refractivity contribution in [1.29, 1.82) is 0 Å². The van der Waals surface area contributed by atoms with Gasteiger partial charge >= 0.3 is 12.2 Å². The van der Waals surface area contributed by atoms with Crippen LogP contribution in [-0.4, -0.2) is 47.4 Å². The minimum absolute atomic E-state index is 0.0102. The third-order valence-electron chi connectivity index (χ3n) is 6.11. The summed E-state index contributed by atoms with van der Waals surface area (Å²) in [6.07, 6.45) is -5.98. The molecule has 2 aromatic carbocycles. The number of benzene rings is 2. The number of carbonyl (C=O) groups excluding carboxylic acids is 4. The molecule has 184 valence electrons. The Labute approximate surface area is 196 Å². The van der Waals surface area contributed by atoms with Gasteiger partial charge in [-0.25, -0.2) is 9.18 Å². The van der Waals surface area contributed by atoms with E-state index in [9.17, 15) is 36.7 Å². The topological polar surface area (TPSA) is 98.8 Å². The molecular weight excluding hydrogens is 472 g/mol. The molecule has 0 aromatic heterocycles. The maximum Gasteiger partial charge on any atom is 0.409 e. The van der Waals surface area contributed by atoms with E-state index in [0.717, 1.165) is 12.1 Å². The fourth-order valence-corrected chi connectivity index (χ4v) is 4.35. The second-order valence-corrected chi connectivity index (χ2v) is 8.18. The number of urea groups is 1. The smallest absolute Gasteiger partial charge is 0.324 e. The van der Waals surface area contributed by atoms with Crippen LogP contribution in [-0.2, 0) is 19.9 Å². The molecule has 0 bridgehead atoms. The number of anilines is 2. The van der Waals surface area contributed by atoms with Gasteiger partial charge in [0.15, 0.2) is 0 Å². The number of halogens is 4. The van der Waals surface area contributed by atoms with Gasteiger partial charge in [0.05, 0.1) is 17.8 Å². The molecule has 0 saturated carbocycles. The van der Waals surface area contributed by atoms with Gasteiger partial charge in [-0.1, -0.05) is 31.2 Å². The summed E-state index contributed by atoms with van der Waals surface area (Å²) in [6.45, 7) is 0.595. The summed E-state index contributed by atoms with van der Waals surface area (Å²) in [5, 5.41) is 4.84. The van der Waals surface area contributed by atoms with Crippen LogP contribution in [0.1, 0.15) is 25.3 Å². The number of amides is 5. The first kappa shape index (κ1) is 24.2. The van der Waals surface area contributed by atoms with E-state index in [1.165, 1.54) is 36.4 Å². The molecule has 4 rings (SSSR count). The van der Waals surface area contributed by atoms with Gasteiger partial charge in [-0.3, -0.25) is 24.2 Å². The van der Waals surface area contributed by atoms with Gasteiger partial charge in [0.2, 0.25) is 11.8 Å². The highest BCUT2D eigenvalue weighted by molar-refractivity contribution is 6.12. The summed E-state index contributed by atoms with van der Waals surface area (Å²) in [4.78, 5) is 52.4. The van der Waals surface area contributed by atoms with Crippen molar-refractivity contribution in [2.75, 3.05) is 16.8 Å². The number of hydrogen-bond donors (Lipinski definition) is 2. The number of para-hydroxylation sites is 2. The van der Waals surface area contributed by atoms with Crippen molar-refractivity contribution in [1.82, 2.24) is 10.2 Å². The normalized spacial score (nSPS) is 22.4. The third kappa shape index (κ3) is 4.19. The van der Waals surface area contributed by atoms with Crippen molar-refractivity contribution >= 4 is 35.1 Å². The van der Waals surface area contributed by atoms with E-state index in [4.69, 9.17) is 0 Å². The Hall–Kier alpha value is -3.96. The van der Waals surface area contributed by atoms with E-state index in [1.54, 1.807) is 6.92 Å². The molecule has 1 fully saturated rings. The summed E-state index contributed by atoms with van der Waals surface area (Å²) in [7, 11) is 0. The predicted octanol–water partition coefficient (Wildman–Crippen LogP) is 3.29. The van der Waals surface area contributed by atoms with Crippen LogP contribution < -0.4 is 15.5 Å². The number of nitrogens with one attached hydrogen (secondary N) is 2. The van der Waals surface area contributed by atoms with E-state index in [2.05, 4.69) is 10.6 Å². The highest BCUT2D eigenvalue weighted by Crippen LogP contribution is 2.38. The van der Waals surface area contributed by atoms with Crippen molar-refractivity contribution in [2.24, 2.45) is 0 Å². The molecule has 35 heavy (non-hydrogen) atoms. The lowest BCUT2D eigenvalue weighted by Gasteiger charge is -2.32. The first-order valence-electron chi connectivity index (χ1n) is 10.7. The highest BCUT2D eigenvalue weighted by atomic mass is 19.4. The Morgan fingerprint density at radius 3 is 2.37 bits per heavy atom. The maximum absolute atomic E-state index is 13.9. The minimum Gasteiger partial charge on any atom is -0.324 e. The number of rotatable bonds is 4. The Morgan fingerprint density at radius 2 is 1.74 bits per heavy atom. The molecule has 5 amide bonds. The number of nitrogens with zero attached hydrogens (tertiary/aromatic N) is 2. The van der Waals surface area contributed by atoms with Gasteiger partial charge < -0.3 is 10.6 Å². The van der Waals surface area contributed by atoms with Crippen LogP contribution in [0.25, 0.3) is 0 Å². The predicted molar refractivity (Wildman–Crippen MR) is 116 cm³/mol. The number of fused-ring (bicyclic) bond motifs is 1. The van der Waals surface area contributed by atoms with Gasteiger partial charge in [0, 0.05) is 0 Å². The molecule has 8 nitrogen and oxygen atoms in total. The van der Waals surface area contributed by atoms with Gasteiger partial charge in [0.25, 0.3) is 5.91 Å². The molecule has 12 heteroatoms. The van der Waals surface area contributed by atoms with Gasteiger partial charge in [-0.05, 0) is 36.2 Å². The van der Waals surface area contributed by atoms with Crippen LogP contribution in [0.3, 0.4) is 0 Å². The molecule has 2 unspecified atom stereocenters. The summed E-state index contributed by atoms with van der Waals surface area (Å²) in [5.41, 5.74) is -1.57. The third-order valence-corrected chi connectivity index (χ3v) is 6.11. The minimum atomic E-state index is -4.97. The van der Waals surface area contributed by atoms with Crippen molar-refractivity contribution < 1.29 is 36.7 Å². The standard InChI is InChI=1S/C23H20F4N4O4/c1-2-22(13-7-9-14(24)10-8-13)20(34)30(21(35)29-22)12-19(33)31-16-6-4-3-5-15(16)28-18(32)11-17(31)23(25,26)27/h3-10,17H,2,11-12H2,1H3,(H,28,32)(H,29,35). The molecule has 2 heterocycles. The Balaban J connectivity index is 1.69. The van der Waals surface area contributed by atoms with E-state index >= 15 is 0 Å². The van der Waals surface area contributed by atoms with Crippen LogP contribution >= 0.6 is 0 Å². The zero-order chi connectivity index (χ0) is 25.5. The molecule has 0 aliphatic carbocycles. The molecule has 2 aliphatic rings. The molecule has 2 atom stereocenters. The molecule has 2 aromatic rings. The SMILES string of the molecule is CCC1(c2ccc(F)cc2)NC(=O)N(CC(=O)N2c3ccccc3NC(=O)CC2C(F)(F)F)C1=O. The molecule has 0 spiro atoms. The number of alkyl halides is 3. The van der Waals surface area contributed by atoms with E-state index in [0.29, 0.717) is 9.80 Å². The molecule has 1 saturated heterocycles. The molecular formula is C23H20F4N4O4. The fourth-order valence-electron chi connectivity index (χ4n) is 4.35. The van der Waals surface area contributed by atoms with Crippen LogP contribution in [0, 0.1) is 5.82 Å². The van der Waals surface area contributed by atoms with Gasteiger partial charge in [-0.2, -0.15) is 13.2 Å². The maximum atomic E-state index is 13.9. The van der Waals surface area contributed by atoms with Crippen molar-refractivity contribution in [2.45, 2.75) is 37.5 Å². The summed E-state index contributed by atoms with van der Waals surface area (Å²) in [6, 6.07) is 6.80. The lowest BCUT2D eigenvalue weighted by molar-refractivity contribution is -0.158. The van der Waals surface area contributed by atoms with Crippen LogP contribution in [0.4, 0.5) is 33.7 Å². The average molecular weight is 492 g/mol. The molecule has 0 radical (unpaired) electrons. The quantitative estimate of drug-likeness (QED) is 0.506. The van der Waals surface area contributed by atoms with Crippen molar-refractivity contribution in [3.8, 4) is 0 Å². The summed E-state index contributed by atoms with van der Waals surface area (Å²) in [5.74, 6) is -3.56. The van der Waals surface area contributed by atoms with Crippen LogP contribution in [0.5, 0.6) is 0 Å². The zero-order valence-corrected chi connectivity index (χ0v) is 18.4. The summed E-state index contributed by atoms with van der Waals surface area (Å²) < 4.78 is 55.2. The average Bonchev–Trinajstić information content (AvgIpc) is 2.94. The largest absolute Gasteiger partial charge is 0.409 e. The number of hydrogen-bond acceptors (Lipinski definition) is 4. The van der Waals surface area contributed by atoms with Crippen LogP contribution in [0.2, 0.25) is 0 Å². The first-order chi connectivity index (χ1) is 16.5. The number of imide groups is 1.